The van der Waals surface area contributed by atoms with Gasteiger partial charge in [0.15, 0.2) is 12.4 Å². The van der Waals surface area contributed by atoms with Crippen molar-refractivity contribution in [3.05, 3.63) is 58.4 Å². The van der Waals surface area contributed by atoms with Gasteiger partial charge in [0.05, 0.1) is 5.56 Å². The number of fused-ring (bicyclic) bond motifs is 1. The quantitative estimate of drug-likeness (QED) is 0.909. The predicted octanol–water partition coefficient (Wildman–Crippen LogP) is 4.15. The first-order valence-corrected chi connectivity index (χ1v) is 8.22. The number of benzene rings is 2. The Kier molecular flexibility index (Phi) is 4.57. The van der Waals surface area contributed by atoms with Gasteiger partial charge in [-0.1, -0.05) is 24.6 Å². The molecule has 0 radical (unpaired) electrons. The zero-order valence-corrected chi connectivity index (χ0v) is 14.5. The summed E-state index contributed by atoms with van der Waals surface area (Å²) in [4.78, 5) is 24.3. The summed E-state index contributed by atoms with van der Waals surface area (Å²) >= 11 is 0. The van der Waals surface area contributed by atoms with Crippen LogP contribution >= 0.6 is 0 Å². The van der Waals surface area contributed by atoms with E-state index in [0.717, 1.165) is 11.1 Å². The topological polar surface area (TPSA) is 55.4 Å². The number of ketones is 1. The predicted molar refractivity (Wildman–Crippen MR) is 93.8 cm³/mol. The second-order valence-electron chi connectivity index (χ2n) is 6.52. The Morgan fingerprint density at radius 2 is 2.04 bits per heavy atom. The molecule has 0 aliphatic heterocycles. The maximum atomic E-state index is 14.0. The highest BCUT2D eigenvalue weighted by molar-refractivity contribution is 6.04. The van der Waals surface area contributed by atoms with Crippen LogP contribution in [0.25, 0.3) is 0 Å². The number of nitrogens with one attached hydrogen (secondary N) is 1. The van der Waals surface area contributed by atoms with Crippen molar-refractivity contribution in [2.24, 2.45) is 0 Å². The van der Waals surface area contributed by atoms with Gasteiger partial charge in [0.2, 0.25) is 0 Å². The van der Waals surface area contributed by atoms with Crippen molar-refractivity contribution in [2.75, 3.05) is 11.9 Å². The van der Waals surface area contributed by atoms with E-state index in [2.05, 4.69) is 5.32 Å². The molecular weight excluding hydrogens is 321 g/mol. The number of aryl methyl sites for hydroxylation is 2. The number of hydrogen-bond donors (Lipinski definition) is 1. The molecule has 1 atom stereocenters. The highest BCUT2D eigenvalue weighted by Crippen LogP contribution is 2.39. The molecule has 1 aliphatic rings. The lowest BCUT2D eigenvalue weighted by Gasteiger charge is -2.13. The lowest BCUT2D eigenvalue weighted by molar-refractivity contribution is -0.118. The fourth-order valence-corrected chi connectivity index (χ4v) is 3.23. The Morgan fingerprint density at radius 3 is 2.76 bits per heavy atom. The molecule has 0 spiro atoms. The summed E-state index contributed by atoms with van der Waals surface area (Å²) in [6.45, 7) is 5.46. The summed E-state index contributed by atoms with van der Waals surface area (Å²) in [5, 5.41) is 2.78. The lowest BCUT2D eigenvalue weighted by atomic mass is 10.0. The molecule has 0 saturated heterocycles. The third-order valence-electron chi connectivity index (χ3n) is 4.43. The molecule has 0 heterocycles. The van der Waals surface area contributed by atoms with Gasteiger partial charge in [0.1, 0.15) is 11.6 Å². The van der Waals surface area contributed by atoms with Crippen LogP contribution in [0.3, 0.4) is 0 Å². The molecule has 25 heavy (non-hydrogen) atoms. The molecule has 5 heteroatoms. The summed E-state index contributed by atoms with van der Waals surface area (Å²) in [7, 11) is 0. The summed E-state index contributed by atoms with van der Waals surface area (Å²) < 4.78 is 19.5. The minimum Gasteiger partial charge on any atom is -0.483 e. The van der Waals surface area contributed by atoms with Gasteiger partial charge in [0, 0.05) is 17.7 Å². The van der Waals surface area contributed by atoms with E-state index in [0.29, 0.717) is 11.3 Å². The van der Waals surface area contributed by atoms with E-state index >= 15 is 0 Å². The number of carbonyl (C=O) groups excluding carboxylic acids is 2. The Morgan fingerprint density at radius 1 is 1.28 bits per heavy atom. The fourth-order valence-electron chi connectivity index (χ4n) is 3.23. The molecule has 0 saturated carbocycles. The van der Waals surface area contributed by atoms with Gasteiger partial charge >= 0.3 is 0 Å². The van der Waals surface area contributed by atoms with Crippen LogP contribution in [0.2, 0.25) is 0 Å². The van der Waals surface area contributed by atoms with E-state index in [1.165, 1.54) is 12.1 Å². The van der Waals surface area contributed by atoms with Crippen LogP contribution in [0.1, 0.15) is 46.3 Å². The zero-order valence-electron chi connectivity index (χ0n) is 14.5. The molecule has 0 bridgehead atoms. The molecule has 1 unspecified atom stereocenters. The van der Waals surface area contributed by atoms with Crippen LogP contribution in [0.5, 0.6) is 5.75 Å². The number of hydrogen-bond acceptors (Lipinski definition) is 3. The van der Waals surface area contributed by atoms with Crippen LogP contribution in [0, 0.1) is 19.7 Å². The van der Waals surface area contributed by atoms with Gasteiger partial charge in [-0.15, -0.1) is 0 Å². The van der Waals surface area contributed by atoms with Gasteiger partial charge in [-0.3, -0.25) is 9.59 Å². The maximum absolute atomic E-state index is 14.0. The summed E-state index contributed by atoms with van der Waals surface area (Å²) in [5.41, 5.74) is 3.44. The lowest BCUT2D eigenvalue weighted by Crippen LogP contribution is -2.21. The van der Waals surface area contributed by atoms with E-state index < -0.39 is 5.82 Å². The van der Waals surface area contributed by atoms with Crippen LogP contribution in [-0.4, -0.2) is 18.3 Å². The van der Waals surface area contributed by atoms with Crippen LogP contribution in [-0.2, 0) is 4.79 Å². The van der Waals surface area contributed by atoms with Gasteiger partial charge in [-0.25, -0.2) is 4.39 Å². The first-order chi connectivity index (χ1) is 11.9. The van der Waals surface area contributed by atoms with E-state index in [1.54, 1.807) is 0 Å². The Labute approximate surface area is 146 Å². The second-order valence-corrected chi connectivity index (χ2v) is 6.52. The number of anilines is 1. The number of halogens is 1. The van der Waals surface area contributed by atoms with Gasteiger partial charge < -0.3 is 10.1 Å². The Balaban J connectivity index is 1.72. The highest BCUT2D eigenvalue weighted by Gasteiger charge is 2.32. The van der Waals surface area contributed by atoms with E-state index in [4.69, 9.17) is 4.74 Å². The maximum Gasteiger partial charge on any atom is 0.262 e. The standard InChI is InChI=1S/C20H20FNO3/c1-11-4-6-15(12(2)8-11)22-18(24)10-25-17-7-5-14(21)19-13(3)9-16(23)20(17)19/h4-8,13H,9-10H2,1-3H3,(H,22,24). The Hall–Kier alpha value is -2.69. The third-order valence-corrected chi connectivity index (χ3v) is 4.43. The normalized spacial score (nSPS) is 15.8. The van der Waals surface area contributed by atoms with E-state index in [9.17, 15) is 14.0 Å². The van der Waals surface area contributed by atoms with Gasteiger partial charge in [-0.05, 0) is 43.5 Å². The number of rotatable bonds is 4. The van der Waals surface area contributed by atoms with Crippen molar-refractivity contribution < 1.29 is 18.7 Å². The second kappa shape index (κ2) is 6.67. The van der Waals surface area contributed by atoms with Crippen molar-refractivity contribution >= 4 is 17.4 Å². The molecule has 3 rings (SSSR count). The van der Waals surface area contributed by atoms with Gasteiger partial charge in [-0.2, -0.15) is 0 Å². The van der Waals surface area contributed by atoms with Crippen LogP contribution in [0.4, 0.5) is 10.1 Å². The summed E-state index contributed by atoms with van der Waals surface area (Å²) in [5.74, 6) is -0.785. The van der Waals surface area contributed by atoms with Crippen molar-refractivity contribution in [3.8, 4) is 5.75 Å². The molecule has 0 fully saturated rings. The minimum absolute atomic E-state index is 0.146. The van der Waals surface area contributed by atoms with Crippen molar-refractivity contribution in [3.63, 3.8) is 0 Å². The smallest absolute Gasteiger partial charge is 0.262 e. The Bertz CT molecular complexity index is 860. The first-order valence-electron chi connectivity index (χ1n) is 8.22. The average Bonchev–Trinajstić information content (AvgIpc) is 2.85. The van der Waals surface area contributed by atoms with Crippen LogP contribution < -0.4 is 10.1 Å². The first kappa shape index (κ1) is 17.1. The van der Waals surface area contributed by atoms with Crippen molar-refractivity contribution in [2.45, 2.75) is 33.1 Å². The number of amides is 1. The SMILES string of the molecule is Cc1ccc(NC(=O)COc2ccc(F)c3c2C(=O)CC3C)c(C)c1. The van der Waals surface area contributed by atoms with Gasteiger partial charge in [0.25, 0.3) is 5.91 Å². The van der Waals surface area contributed by atoms with Crippen LogP contribution in [0.15, 0.2) is 30.3 Å². The number of carbonyl (C=O) groups is 2. The van der Waals surface area contributed by atoms with E-state index in [1.807, 2.05) is 39.0 Å². The summed E-state index contributed by atoms with van der Waals surface area (Å²) in [6.07, 6.45) is 0.265. The molecule has 2 aromatic carbocycles. The number of Topliss-reactive ketones (excluding diaryl/α,β-unsaturated/α-hetero) is 1. The molecule has 4 nitrogen and oxygen atoms in total. The van der Waals surface area contributed by atoms with E-state index in [-0.39, 0.29) is 41.9 Å². The molecule has 1 aliphatic carbocycles. The molecular formula is C20H20FNO3. The average molecular weight is 341 g/mol. The monoisotopic (exact) mass is 341 g/mol. The van der Waals surface area contributed by atoms with Crippen molar-refractivity contribution in [1.82, 2.24) is 0 Å². The molecule has 2 aromatic rings. The largest absolute Gasteiger partial charge is 0.483 e. The third kappa shape index (κ3) is 3.40. The zero-order chi connectivity index (χ0) is 18.1. The molecule has 1 N–H and O–H groups in total. The molecule has 130 valence electrons. The minimum atomic E-state index is -0.402. The van der Waals surface area contributed by atoms with Crippen molar-refractivity contribution in [1.29, 1.82) is 0 Å². The fraction of sp³-hybridized carbons (Fsp3) is 0.300. The molecule has 0 aromatic heterocycles. The number of ether oxygens (including phenoxy) is 1. The highest BCUT2D eigenvalue weighted by atomic mass is 19.1. The summed E-state index contributed by atoms with van der Waals surface area (Å²) in [6, 6.07) is 8.42. The molecule has 1 amide bonds.